The zero-order chi connectivity index (χ0) is 19.3. The second-order valence-electron chi connectivity index (χ2n) is 5.33. The number of nitrogens with zero attached hydrogens (tertiary/aromatic N) is 1. The fraction of sp³-hybridized carbons (Fsp3) is 0.176. The molecule has 0 saturated heterocycles. The van der Waals surface area contributed by atoms with Crippen molar-refractivity contribution < 1.29 is 19.2 Å². The zero-order valence-electron chi connectivity index (χ0n) is 14.0. The fourth-order valence-corrected chi connectivity index (χ4v) is 2.33. The average Bonchev–Trinajstić information content (AvgIpc) is 2.62. The topological polar surface area (TPSA) is 111 Å². The lowest BCUT2D eigenvalue weighted by molar-refractivity contribution is -0.385. The number of aryl methyl sites for hydroxylation is 1. The molecule has 0 aromatic heterocycles. The van der Waals surface area contributed by atoms with E-state index in [1.807, 2.05) is 0 Å². The molecule has 0 saturated carbocycles. The van der Waals surface area contributed by atoms with Crippen molar-refractivity contribution in [3.05, 3.63) is 62.7 Å². The number of nitrogens with one attached hydrogen (secondary N) is 2. The molecule has 2 N–H and O–H groups in total. The van der Waals surface area contributed by atoms with E-state index in [4.69, 9.17) is 16.3 Å². The number of nitro benzene ring substituents is 1. The van der Waals surface area contributed by atoms with E-state index in [9.17, 15) is 19.7 Å². The highest BCUT2D eigenvalue weighted by atomic mass is 35.5. The van der Waals surface area contributed by atoms with Gasteiger partial charge in [0.2, 0.25) is 5.91 Å². The van der Waals surface area contributed by atoms with E-state index < -0.39 is 16.7 Å². The first-order valence-electron chi connectivity index (χ1n) is 7.48. The van der Waals surface area contributed by atoms with Crippen molar-refractivity contribution in [2.75, 3.05) is 19.0 Å². The van der Waals surface area contributed by atoms with Crippen molar-refractivity contribution in [1.29, 1.82) is 0 Å². The fourth-order valence-electron chi connectivity index (χ4n) is 2.16. The van der Waals surface area contributed by atoms with Crippen LogP contribution < -0.4 is 15.4 Å². The number of nitro groups is 1. The molecule has 2 amide bonds. The molecule has 8 nitrogen and oxygen atoms in total. The van der Waals surface area contributed by atoms with Gasteiger partial charge in [0.1, 0.15) is 0 Å². The van der Waals surface area contributed by atoms with Crippen LogP contribution in [0.4, 0.5) is 11.4 Å². The van der Waals surface area contributed by atoms with Gasteiger partial charge in [-0.15, -0.1) is 0 Å². The highest BCUT2D eigenvalue weighted by Gasteiger charge is 2.18. The standard InChI is InChI=1S/C17H16ClN3O5/c1-10-3-5-12(18)8-13(10)20-16(22)9-19-17(23)11-4-6-15(26-2)14(7-11)21(24)25/h3-8H,9H2,1-2H3,(H,19,23)(H,20,22). The molecule has 2 aromatic rings. The van der Waals surface area contributed by atoms with E-state index in [-0.39, 0.29) is 23.5 Å². The maximum atomic E-state index is 12.1. The molecule has 0 spiro atoms. The summed E-state index contributed by atoms with van der Waals surface area (Å²) in [5.74, 6) is -1.03. The van der Waals surface area contributed by atoms with Gasteiger partial charge in [0.25, 0.3) is 5.91 Å². The number of carbonyl (C=O) groups excluding carboxylic acids is 2. The van der Waals surface area contributed by atoms with Gasteiger partial charge >= 0.3 is 5.69 Å². The molecule has 0 fully saturated rings. The molecule has 0 heterocycles. The quantitative estimate of drug-likeness (QED) is 0.594. The Morgan fingerprint density at radius 1 is 1.23 bits per heavy atom. The van der Waals surface area contributed by atoms with Crippen LogP contribution in [0.5, 0.6) is 5.75 Å². The minimum absolute atomic E-state index is 0.0423. The molecule has 2 rings (SSSR count). The van der Waals surface area contributed by atoms with Gasteiger partial charge in [-0.2, -0.15) is 0 Å². The maximum Gasteiger partial charge on any atom is 0.311 e. The van der Waals surface area contributed by atoms with Gasteiger partial charge < -0.3 is 15.4 Å². The van der Waals surface area contributed by atoms with E-state index in [2.05, 4.69) is 10.6 Å². The van der Waals surface area contributed by atoms with Crippen molar-refractivity contribution in [3.8, 4) is 5.75 Å². The number of hydrogen-bond acceptors (Lipinski definition) is 5. The minimum Gasteiger partial charge on any atom is -0.490 e. The number of carbonyl (C=O) groups is 2. The van der Waals surface area contributed by atoms with Gasteiger partial charge in [0.05, 0.1) is 18.6 Å². The highest BCUT2D eigenvalue weighted by Crippen LogP contribution is 2.27. The molecule has 2 aromatic carbocycles. The molecule has 0 radical (unpaired) electrons. The number of hydrogen-bond donors (Lipinski definition) is 2. The molecule has 0 atom stereocenters. The van der Waals surface area contributed by atoms with E-state index >= 15 is 0 Å². The predicted octanol–water partition coefficient (Wildman–Crippen LogP) is 2.93. The normalized spacial score (nSPS) is 10.1. The number of methoxy groups -OCH3 is 1. The lowest BCUT2D eigenvalue weighted by Gasteiger charge is -2.10. The van der Waals surface area contributed by atoms with Gasteiger partial charge in [0.15, 0.2) is 5.75 Å². The van der Waals surface area contributed by atoms with Crippen LogP contribution in [-0.4, -0.2) is 30.4 Å². The van der Waals surface area contributed by atoms with Crippen LogP contribution >= 0.6 is 11.6 Å². The van der Waals surface area contributed by atoms with Gasteiger partial charge in [-0.3, -0.25) is 19.7 Å². The Hall–Kier alpha value is -3.13. The van der Waals surface area contributed by atoms with Crippen molar-refractivity contribution in [3.63, 3.8) is 0 Å². The third-order valence-corrected chi connectivity index (χ3v) is 3.76. The van der Waals surface area contributed by atoms with E-state index in [1.165, 1.54) is 19.2 Å². The minimum atomic E-state index is -0.649. The zero-order valence-corrected chi connectivity index (χ0v) is 14.8. The monoisotopic (exact) mass is 377 g/mol. The van der Waals surface area contributed by atoms with Crippen LogP contribution in [-0.2, 0) is 4.79 Å². The lowest BCUT2D eigenvalue weighted by Crippen LogP contribution is -2.33. The Kier molecular flexibility index (Phi) is 6.13. The maximum absolute atomic E-state index is 12.1. The van der Waals surface area contributed by atoms with Gasteiger partial charge in [-0.1, -0.05) is 17.7 Å². The van der Waals surface area contributed by atoms with Crippen molar-refractivity contribution in [1.82, 2.24) is 5.32 Å². The van der Waals surface area contributed by atoms with Crippen LogP contribution in [0.15, 0.2) is 36.4 Å². The molecular weight excluding hydrogens is 362 g/mol. The summed E-state index contributed by atoms with van der Waals surface area (Å²) in [6, 6.07) is 8.84. The predicted molar refractivity (Wildman–Crippen MR) is 96.8 cm³/mol. The molecule has 26 heavy (non-hydrogen) atoms. The summed E-state index contributed by atoms with van der Waals surface area (Å²) in [7, 11) is 1.30. The number of amides is 2. The largest absolute Gasteiger partial charge is 0.490 e. The Morgan fingerprint density at radius 3 is 2.62 bits per heavy atom. The second kappa shape index (κ2) is 8.30. The Balaban J connectivity index is 2.02. The SMILES string of the molecule is COc1ccc(C(=O)NCC(=O)Nc2cc(Cl)ccc2C)cc1[N+](=O)[O-]. The molecule has 0 bridgehead atoms. The first-order chi connectivity index (χ1) is 12.3. The van der Waals surface area contributed by atoms with Crippen LogP contribution in [0.2, 0.25) is 5.02 Å². The van der Waals surface area contributed by atoms with Gasteiger partial charge in [-0.25, -0.2) is 0 Å². The summed E-state index contributed by atoms with van der Waals surface area (Å²) in [5.41, 5.74) is 1.07. The first-order valence-corrected chi connectivity index (χ1v) is 7.86. The number of rotatable bonds is 6. The van der Waals surface area contributed by atoms with Crippen molar-refractivity contribution in [2.45, 2.75) is 6.92 Å². The average molecular weight is 378 g/mol. The summed E-state index contributed by atoms with van der Waals surface area (Å²) in [5, 5.41) is 16.5. The number of halogens is 1. The summed E-state index contributed by atoms with van der Waals surface area (Å²) in [4.78, 5) is 34.5. The molecular formula is C17H16ClN3O5. The first kappa shape index (κ1) is 19.2. The third kappa shape index (κ3) is 4.70. The van der Waals surface area contributed by atoms with Crippen LogP contribution in [0.3, 0.4) is 0 Å². The summed E-state index contributed by atoms with van der Waals surface area (Å²) in [6.07, 6.45) is 0. The van der Waals surface area contributed by atoms with E-state index in [0.717, 1.165) is 11.6 Å². The molecule has 0 unspecified atom stereocenters. The van der Waals surface area contributed by atoms with E-state index in [1.54, 1.807) is 25.1 Å². The van der Waals surface area contributed by atoms with Crippen molar-refractivity contribution in [2.24, 2.45) is 0 Å². The molecule has 0 aliphatic rings. The molecule has 136 valence electrons. The highest BCUT2D eigenvalue weighted by molar-refractivity contribution is 6.31. The lowest BCUT2D eigenvalue weighted by atomic mass is 10.1. The number of anilines is 1. The van der Waals surface area contributed by atoms with Crippen LogP contribution in [0.1, 0.15) is 15.9 Å². The Morgan fingerprint density at radius 2 is 1.96 bits per heavy atom. The second-order valence-corrected chi connectivity index (χ2v) is 5.77. The molecule has 0 aliphatic heterocycles. The van der Waals surface area contributed by atoms with E-state index in [0.29, 0.717) is 10.7 Å². The molecule has 0 aliphatic carbocycles. The van der Waals surface area contributed by atoms with Crippen LogP contribution in [0.25, 0.3) is 0 Å². The summed E-state index contributed by atoms with van der Waals surface area (Å²) in [6.45, 7) is 1.51. The third-order valence-electron chi connectivity index (χ3n) is 3.52. The van der Waals surface area contributed by atoms with Gasteiger partial charge in [-0.05, 0) is 36.8 Å². The smallest absolute Gasteiger partial charge is 0.311 e. The number of ether oxygens (including phenoxy) is 1. The Labute approximate surface area is 154 Å². The molecule has 9 heteroatoms. The Bertz CT molecular complexity index is 869. The number of benzene rings is 2. The summed E-state index contributed by atoms with van der Waals surface area (Å²) < 4.78 is 4.88. The van der Waals surface area contributed by atoms with Crippen LogP contribution in [0, 0.1) is 17.0 Å². The summed E-state index contributed by atoms with van der Waals surface area (Å²) >= 11 is 5.89. The van der Waals surface area contributed by atoms with Gasteiger partial charge in [0, 0.05) is 22.3 Å². The van der Waals surface area contributed by atoms with Crippen molar-refractivity contribution >= 4 is 34.8 Å².